The van der Waals surface area contributed by atoms with Crippen LogP contribution in [0.4, 0.5) is 10.1 Å². The van der Waals surface area contributed by atoms with E-state index in [0.717, 1.165) is 18.7 Å². The van der Waals surface area contributed by atoms with E-state index in [1.54, 1.807) is 12.1 Å². The summed E-state index contributed by atoms with van der Waals surface area (Å²) in [4.78, 5) is 26.4. The zero-order valence-electron chi connectivity index (χ0n) is 17.7. The normalized spacial score (nSPS) is 14.1. The van der Waals surface area contributed by atoms with Crippen molar-refractivity contribution in [2.75, 3.05) is 64.2 Å². The van der Waals surface area contributed by atoms with Gasteiger partial charge in [-0.15, -0.1) is 0 Å². The molecule has 1 aromatic heterocycles. The van der Waals surface area contributed by atoms with Crippen LogP contribution in [0.3, 0.4) is 0 Å². The molecule has 1 aliphatic rings. The van der Waals surface area contributed by atoms with Gasteiger partial charge < -0.3 is 28.8 Å². The summed E-state index contributed by atoms with van der Waals surface area (Å²) in [5, 5.41) is 3.27. The van der Waals surface area contributed by atoms with E-state index in [1.165, 1.54) is 6.07 Å². The minimum absolute atomic E-state index is 0.0663. The highest BCUT2D eigenvalue weighted by molar-refractivity contribution is 5.97. The second-order valence-corrected chi connectivity index (χ2v) is 7.26. The average Bonchev–Trinajstić information content (AvgIpc) is 2.74. The zero-order valence-corrected chi connectivity index (χ0v) is 17.7. The number of amides is 1. The number of carbonyl (C=O) groups excluding carboxylic acids is 1. The number of halogens is 1. The molecule has 0 saturated carbocycles. The Labute approximate surface area is 180 Å². The summed E-state index contributed by atoms with van der Waals surface area (Å²) >= 11 is 0. The molecule has 1 N–H and O–H groups in total. The van der Waals surface area contributed by atoms with Crippen LogP contribution in [-0.4, -0.2) is 71.4 Å². The maximum atomic E-state index is 13.1. The largest absolute Gasteiger partial charge is 0.422 e. The lowest BCUT2D eigenvalue weighted by atomic mass is 10.1. The summed E-state index contributed by atoms with van der Waals surface area (Å²) < 4.78 is 34.4. The third-order valence-electron chi connectivity index (χ3n) is 4.79. The number of benzene rings is 1. The van der Waals surface area contributed by atoms with E-state index in [1.807, 2.05) is 17.9 Å². The van der Waals surface area contributed by atoms with E-state index >= 15 is 0 Å². The topological polar surface area (TPSA) is 90.2 Å². The number of fused-ring (bicyclic) bond motifs is 1. The monoisotopic (exact) mass is 436 g/mol. The SMILES string of the molecule is CCCOCCOCCOCCNC(=O)c1cc2ccc(N3CC(F)C3)cc2oc1=O. The van der Waals surface area contributed by atoms with Gasteiger partial charge >= 0.3 is 5.63 Å². The van der Waals surface area contributed by atoms with Gasteiger partial charge in [-0.05, 0) is 24.6 Å². The van der Waals surface area contributed by atoms with Gasteiger partial charge in [0.05, 0.1) is 46.1 Å². The molecule has 1 fully saturated rings. The van der Waals surface area contributed by atoms with Gasteiger partial charge in [-0.3, -0.25) is 4.79 Å². The van der Waals surface area contributed by atoms with Crippen LogP contribution in [0.2, 0.25) is 0 Å². The fourth-order valence-corrected chi connectivity index (χ4v) is 3.11. The third-order valence-corrected chi connectivity index (χ3v) is 4.79. The number of alkyl halides is 1. The number of rotatable bonds is 13. The lowest BCUT2D eigenvalue weighted by molar-refractivity contribution is 0.0152. The van der Waals surface area contributed by atoms with E-state index in [-0.39, 0.29) is 12.1 Å². The highest BCUT2D eigenvalue weighted by atomic mass is 19.1. The number of anilines is 1. The minimum Gasteiger partial charge on any atom is -0.422 e. The first-order chi connectivity index (χ1) is 15.1. The van der Waals surface area contributed by atoms with Crippen LogP contribution >= 0.6 is 0 Å². The first kappa shape index (κ1) is 23.2. The van der Waals surface area contributed by atoms with Crippen LogP contribution in [0.5, 0.6) is 0 Å². The summed E-state index contributed by atoms with van der Waals surface area (Å²) in [5.41, 5.74) is 0.373. The number of hydrogen-bond donors (Lipinski definition) is 1. The summed E-state index contributed by atoms with van der Waals surface area (Å²) in [6.07, 6.45) is 0.160. The third kappa shape index (κ3) is 6.75. The molecule has 8 nitrogen and oxygen atoms in total. The molecule has 2 aromatic rings. The summed E-state index contributed by atoms with van der Waals surface area (Å²) in [7, 11) is 0. The summed E-state index contributed by atoms with van der Waals surface area (Å²) in [6.45, 7) is 5.94. The summed E-state index contributed by atoms with van der Waals surface area (Å²) in [5.74, 6) is -0.518. The number of nitrogens with one attached hydrogen (secondary N) is 1. The van der Waals surface area contributed by atoms with Crippen LogP contribution in [0, 0.1) is 0 Å². The Kier molecular flexibility index (Phi) is 8.81. The van der Waals surface area contributed by atoms with Crippen molar-refractivity contribution in [2.45, 2.75) is 19.5 Å². The van der Waals surface area contributed by atoms with Gasteiger partial charge in [0.25, 0.3) is 5.91 Å². The van der Waals surface area contributed by atoms with Crippen molar-refractivity contribution >= 4 is 22.6 Å². The Morgan fingerprint density at radius 2 is 1.77 bits per heavy atom. The van der Waals surface area contributed by atoms with Crippen molar-refractivity contribution < 1.29 is 27.8 Å². The number of hydrogen-bond acceptors (Lipinski definition) is 7. The zero-order chi connectivity index (χ0) is 22.1. The molecule has 9 heteroatoms. The molecule has 170 valence electrons. The molecule has 3 rings (SSSR count). The standard InChI is InChI=1S/C22H29FN2O6/c1-2-6-28-8-10-30-11-9-29-7-5-24-21(26)19-12-16-3-4-18(25-14-17(23)15-25)13-20(16)31-22(19)27/h3-4,12-13,17H,2,5-11,14-15H2,1H3,(H,24,26). The molecular formula is C22H29FN2O6. The predicted octanol–water partition coefficient (Wildman–Crippen LogP) is 2.14. The fourth-order valence-electron chi connectivity index (χ4n) is 3.11. The lowest BCUT2D eigenvalue weighted by Crippen LogP contribution is -2.48. The Balaban J connectivity index is 1.40. The predicted molar refractivity (Wildman–Crippen MR) is 115 cm³/mol. The molecule has 2 heterocycles. The second kappa shape index (κ2) is 11.8. The molecule has 0 unspecified atom stereocenters. The Morgan fingerprint density at radius 3 is 2.45 bits per heavy atom. The molecule has 0 aliphatic carbocycles. The van der Waals surface area contributed by atoms with Crippen LogP contribution in [0.25, 0.3) is 11.0 Å². The van der Waals surface area contributed by atoms with Crippen molar-refractivity contribution in [1.29, 1.82) is 0 Å². The van der Waals surface area contributed by atoms with Gasteiger partial charge in [0.2, 0.25) is 0 Å². The Bertz CT molecular complexity index is 912. The quantitative estimate of drug-likeness (QED) is 0.380. The smallest absolute Gasteiger partial charge is 0.349 e. The van der Waals surface area contributed by atoms with Crippen LogP contribution in [-0.2, 0) is 14.2 Å². The number of nitrogens with zero attached hydrogens (tertiary/aromatic N) is 1. The van der Waals surface area contributed by atoms with Gasteiger partial charge in [-0.25, -0.2) is 9.18 Å². The molecule has 1 saturated heterocycles. The van der Waals surface area contributed by atoms with Crippen molar-refractivity contribution in [3.63, 3.8) is 0 Å². The first-order valence-corrected chi connectivity index (χ1v) is 10.6. The van der Waals surface area contributed by atoms with E-state index in [4.69, 9.17) is 18.6 Å². The highest BCUT2D eigenvalue weighted by Crippen LogP contribution is 2.26. The lowest BCUT2D eigenvalue weighted by Gasteiger charge is -2.36. The Morgan fingerprint density at radius 1 is 1.10 bits per heavy atom. The first-order valence-electron chi connectivity index (χ1n) is 10.6. The maximum Gasteiger partial charge on any atom is 0.349 e. The molecule has 1 aliphatic heterocycles. The maximum absolute atomic E-state index is 13.1. The van der Waals surface area contributed by atoms with E-state index in [2.05, 4.69) is 5.32 Å². The molecular weight excluding hydrogens is 407 g/mol. The average molecular weight is 436 g/mol. The molecule has 1 aromatic carbocycles. The highest BCUT2D eigenvalue weighted by Gasteiger charge is 2.26. The van der Waals surface area contributed by atoms with Crippen LogP contribution in [0.15, 0.2) is 33.5 Å². The van der Waals surface area contributed by atoms with Crippen molar-refractivity contribution in [1.82, 2.24) is 5.32 Å². The molecule has 0 radical (unpaired) electrons. The van der Waals surface area contributed by atoms with Gasteiger partial charge in [-0.2, -0.15) is 0 Å². The van der Waals surface area contributed by atoms with E-state index in [0.29, 0.717) is 57.1 Å². The van der Waals surface area contributed by atoms with Crippen molar-refractivity contribution in [2.24, 2.45) is 0 Å². The van der Waals surface area contributed by atoms with Gasteiger partial charge in [0, 0.05) is 30.3 Å². The summed E-state index contributed by atoms with van der Waals surface area (Å²) in [6, 6.07) is 6.77. The van der Waals surface area contributed by atoms with E-state index in [9.17, 15) is 14.0 Å². The Hall–Kier alpha value is -2.49. The van der Waals surface area contributed by atoms with Crippen LogP contribution < -0.4 is 15.8 Å². The molecule has 31 heavy (non-hydrogen) atoms. The van der Waals surface area contributed by atoms with Crippen molar-refractivity contribution in [3.8, 4) is 0 Å². The van der Waals surface area contributed by atoms with Gasteiger partial charge in [0.1, 0.15) is 17.3 Å². The van der Waals surface area contributed by atoms with E-state index < -0.39 is 17.7 Å². The number of ether oxygens (including phenoxy) is 3. The van der Waals surface area contributed by atoms with Crippen molar-refractivity contribution in [3.05, 3.63) is 40.2 Å². The fraction of sp³-hybridized carbons (Fsp3) is 0.545. The van der Waals surface area contributed by atoms with Crippen LogP contribution in [0.1, 0.15) is 23.7 Å². The molecule has 0 spiro atoms. The molecule has 0 bridgehead atoms. The molecule has 0 atom stereocenters. The van der Waals surface area contributed by atoms with Gasteiger partial charge in [0.15, 0.2) is 0 Å². The minimum atomic E-state index is -0.824. The number of carbonyl (C=O) groups is 1. The second-order valence-electron chi connectivity index (χ2n) is 7.26. The van der Waals surface area contributed by atoms with Gasteiger partial charge in [-0.1, -0.05) is 6.92 Å². The molecule has 1 amide bonds.